The number of benzene rings is 3. The summed E-state index contributed by atoms with van der Waals surface area (Å²) in [6, 6.07) is 20.3. The summed E-state index contributed by atoms with van der Waals surface area (Å²) in [5, 5.41) is 4.93. The van der Waals surface area contributed by atoms with Crippen LogP contribution in [0, 0.1) is 0 Å². The van der Waals surface area contributed by atoms with Crippen LogP contribution in [0.5, 0.6) is 0 Å². The number of nitrogens with zero attached hydrogens (tertiary/aromatic N) is 1. The van der Waals surface area contributed by atoms with Crippen LogP contribution < -0.4 is 9.62 Å². The number of carbonyl (C=O) groups excluding carboxylic acids is 1. The molecule has 0 radical (unpaired) electrons. The Morgan fingerprint density at radius 2 is 1.73 bits per heavy atom. The standard InChI is InChI=1S/C20H18N2O3S/c23-20(17-10-9-15-5-1-2-6-16(15)13-17)21-18-7-3-8-19(14-18)22-11-4-12-26(22,24)25/h1-3,5-10,13-14H,4,11-12H2,(H,21,23). The van der Waals surface area contributed by atoms with Gasteiger partial charge in [-0.25, -0.2) is 8.42 Å². The monoisotopic (exact) mass is 366 g/mol. The molecule has 1 N–H and O–H groups in total. The predicted molar refractivity (Wildman–Crippen MR) is 104 cm³/mol. The number of hydrogen-bond acceptors (Lipinski definition) is 3. The molecule has 1 aliphatic rings. The minimum atomic E-state index is -3.24. The van der Waals surface area contributed by atoms with Gasteiger partial charge in [0, 0.05) is 17.8 Å². The topological polar surface area (TPSA) is 66.5 Å². The summed E-state index contributed by atoms with van der Waals surface area (Å²) in [4.78, 5) is 12.6. The first-order chi connectivity index (χ1) is 12.5. The second-order valence-corrected chi connectivity index (χ2v) is 8.32. The zero-order valence-corrected chi connectivity index (χ0v) is 14.9. The normalized spacial score (nSPS) is 15.9. The van der Waals surface area contributed by atoms with E-state index in [-0.39, 0.29) is 11.7 Å². The summed E-state index contributed by atoms with van der Waals surface area (Å²) in [6.07, 6.45) is 0.621. The van der Waals surface area contributed by atoms with E-state index in [2.05, 4.69) is 5.32 Å². The first-order valence-electron chi connectivity index (χ1n) is 8.44. The quantitative estimate of drug-likeness (QED) is 0.770. The zero-order valence-electron chi connectivity index (χ0n) is 14.1. The molecule has 6 heteroatoms. The van der Waals surface area contributed by atoms with Crippen molar-refractivity contribution in [1.82, 2.24) is 0 Å². The second kappa shape index (κ2) is 6.46. The average molecular weight is 366 g/mol. The summed E-state index contributed by atoms with van der Waals surface area (Å²) in [7, 11) is -3.24. The van der Waals surface area contributed by atoms with Crippen LogP contribution in [0.15, 0.2) is 66.7 Å². The largest absolute Gasteiger partial charge is 0.322 e. The lowest BCUT2D eigenvalue weighted by Gasteiger charge is -2.17. The van der Waals surface area contributed by atoms with Crippen molar-refractivity contribution >= 4 is 38.1 Å². The predicted octanol–water partition coefficient (Wildman–Crippen LogP) is 3.63. The molecule has 3 aromatic carbocycles. The molecule has 0 atom stereocenters. The molecule has 5 nitrogen and oxygen atoms in total. The maximum atomic E-state index is 12.6. The van der Waals surface area contributed by atoms with Gasteiger partial charge in [-0.2, -0.15) is 0 Å². The molecular weight excluding hydrogens is 348 g/mol. The number of fused-ring (bicyclic) bond motifs is 1. The molecule has 26 heavy (non-hydrogen) atoms. The number of sulfonamides is 1. The molecule has 0 aromatic heterocycles. The van der Waals surface area contributed by atoms with Crippen molar-refractivity contribution in [2.24, 2.45) is 0 Å². The van der Waals surface area contributed by atoms with E-state index in [9.17, 15) is 13.2 Å². The van der Waals surface area contributed by atoms with Crippen LogP contribution in [0.25, 0.3) is 10.8 Å². The molecule has 0 saturated carbocycles. The molecule has 1 amide bonds. The van der Waals surface area contributed by atoms with Gasteiger partial charge >= 0.3 is 0 Å². The molecule has 1 saturated heterocycles. The van der Waals surface area contributed by atoms with Crippen molar-refractivity contribution in [2.75, 3.05) is 21.9 Å². The number of carbonyl (C=O) groups is 1. The van der Waals surface area contributed by atoms with E-state index in [4.69, 9.17) is 0 Å². The van der Waals surface area contributed by atoms with Gasteiger partial charge in [0.05, 0.1) is 11.4 Å². The summed E-state index contributed by atoms with van der Waals surface area (Å²) in [5.41, 5.74) is 1.71. The van der Waals surface area contributed by atoms with E-state index in [1.165, 1.54) is 4.31 Å². The van der Waals surface area contributed by atoms with Crippen LogP contribution in [0.1, 0.15) is 16.8 Å². The fraction of sp³-hybridized carbons (Fsp3) is 0.150. The Labute approximate surface area is 152 Å². The molecule has 3 aromatic rings. The highest BCUT2D eigenvalue weighted by molar-refractivity contribution is 7.93. The molecule has 0 unspecified atom stereocenters. The number of rotatable bonds is 3. The molecule has 1 heterocycles. The number of amides is 1. The van der Waals surface area contributed by atoms with Crippen LogP contribution in [0.4, 0.5) is 11.4 Å². The fourth-order valence-electron chi connectivity index (χ4n) is 3.20. The fourth-order valence-corrected chi connectivity index (χ4v) is 4.76. The van der Waals surface area contributed by atoms with Crippen LogP contribution >= 0.6 is 0 Å². The van der Waals surface area contributed by atoms with Crippen molar-refractivity contribution in [1.29, 1.82) is 0 Å². The molecule has 132 valence electrons. The molecule has 0 bridgehead atoms. The van der Waals surface area contributed by atoms with Crippen LogP contribution in [0.3, 0.4) is 0 Å². The van der Waals surface area contributed by atoms with Crippen molar-refractivity contribution < 1.29 is 13.2 Å². The van der Waals surface area contributed by atoms with Gasteiger partial charge in [0.25, 0.3) is 5.91 Å². The Hall–Kier alpha value is -2.86. The minimum Gasteiger partial charge on any atom is -0.322 e. The number of hydrogen-bond donors (Lipinski definition) is 1. The third-order valence-corrected chi connectivity index (χ3v) is 6.37. The summed E-state index contributed by atoms with van der Waals surface area (Å²) in [5.74, 6) is -0.0575. The van der Waals surface area contributed by atoms with Crippen molar-refractivity contribution in [3.63, 3.8) is 0 Å². The van der Waals surface area contributed by atoms with E-state index < -0.39 is 10.0 Å². The van der Waals surface area contributed by atoms with E-state index >= 15 is 0 Å². The van der Waals surface area contributed by atoms with E-state index in [1.807, 2.05) is 36.4 Å². The maximum absolute atomic E-state index is 12.6. The third-order valence-electron chi connectivity index (χ3n) is 4.50. The number of nitrogens with one attached hydrogen (secondary N) is 1. The van der Waals surface area contributed by atoms with Gasteiger partial charge in [-0.05, 0) is 47.5 Å². The molecule has 1 aliphatic heterocycles. The first-order valence-corrected chi connectivity index (χ1v) is 10.0. The Bertz CT molecular complexity index is 1090. The summed E-state index contributed by atoms with van der Waals surface area (Å²) in [6.45, 7) is 0.477. The molecule has 0 spiro atoms. The lowest BCUT2D eigenvalue weighted by molar-refractivity contribution is 0.102. The van der Waals surface area contributed by atoms with Gasteiger partial charge in [0.1, 0.15) is 0 Å². The van der Waals surface area contributed by atoms with Crippen LogP contribution in [-0.4, -0.2) is 26.6 Å². The Morgan fingerprint density at radius 1 is 0.923 bits per heavy atom. The van der Waals surface area contributed by atoms with E-state index in [0.717, 1.165) is 10.8 Å². The van der Waals surface area contributed by atoms with Gasteiger partial charge in [-0.3, -0.25) is 9.10 Å². The Kier molecular flexibility index (Phi) is 4.12. The lowest BCUT2D eigenvalue weighted by Crippen LogP contribution is -2.25. The highest BCUT2D eigenvalue weighted by Gasteiger charge is 2.28. The Balaban J connectivity index is 1.58. The highest BCUT2D eigenvalue weighted by Crippen LogP contribution is 2.26. The third kappa shape index (κ3) is 3.15. The Morgan fingerprint density at radius 3 is 2.50 bits per heavy atom. The first kappa shape index (κ1) is 16.6. The van der Waals surface area contributed by atoms with Gasteiger partial charge in [0.2, 0.25) is 10.0 Å². The van der Waals surface area contributed by atoms with Crippen molar-refractivity contribution in [3.8, 4) is 0 Å². The van der Waals surface area contributed by atoms with Crippen LogP contribution in [-0.2, 0) is 10.0 Å². The van der Waals surface area contributed by atoms with Crippen molar-refractivity contribution in [2.45, 2.75) is 6.42 Å². The molecular formula is C20H18N2O3S. The zero-order chi connectivity index (χ0) is 18.1. The van der Waals surface area contributed by atoms with Gasteiger partial charge in [0.15, 0.2) is 0 Å². The summed E-state index contributed by atoms with van der Waals surface area (Å²) >= 11 is 0. The van der Waals surface area contributed by atoms with Crippen molar-refractivity contribution in [3.05, 3.63) is 72.3 Å². The average Bonchev–Trinajstić information content (AvgIpc) is 3.00. The molecule has 4 rings (SSSR count). The maximum Gasteiger partial charge on any atom is 0.255 e. The van der Waals surface area contributed by atoms with E-state index in [0.29, 0.717) is 29.9 Å². The number of anilines is 2. The SMILES string of the molecule is O=C(Nc1cccc(N2CCCS2(=O)=O)c1)c1ccc2ccccc2c1. The van der Waals surface area contributed by atoms with Gasteiger partial charge in [-0.1, -0.05) is 36.4 Å². The minimum absolute atomic E-state index is 0.167. The summed E-state index contributed by atoms with van der Waals surface area (Å²) < 4.78 is 25.6. The smallest absolute Gasteiger partial charge is 0.255 e. The van der Waals surface area contributed by atoms with E-state index in [1.54, 1.807) is 30.3 Å². The molecule has 0 aliphatic carbocycles. The highest BCUT2D eigenvalue weighted by atomic mass is 32.2. The molecule has 1 fully saturated rings. The van der Waals surface area contributed by atoms with Gasteiger partial charge in [-0.15, -0.1) is 0 Å². The van der Waals surface area contributed by atoms with Crippen LogP contribution in [0.2, 0.25) is 0 Å². The lowest BCUT2D eigenvalue weighted by atomic mass is 10.1. The van der Waals surface area contributed by atoms with Gasteiger partial charge < -0.3 is 5.32 Å². The second-order valence-electron chi connectivity index (χ2n) is 6.31.